The standard InChI is InChI=1S/C16H18N2O3/c1-18-16(19)14-8-5-12(17)9-15(14)21-10-11-3-6-13(20-2)7-4-11/h3-9H,10,17H2,1-2H3,(H,18,19). The molecule has 0 spiro atoms. The first-order valence-corrected chi connectivity index (χ1v) is 6.51. The minimum Gasteiger partial charge on any atom is -0.497 e. The summed E-state index contributed by atoms with van der Waals surface area (Å²) in [6, 6.07) is 12.5. The van der Waals surface area contributed by atoms with E-state index in [2.05, 4.69) is 5.32 Å². The molecule has 21 heavy (non-hydrogen) atoms. The van der Waals surface area contributed by atoms with E-state index in [9.17, 15) is 4.79 Å². The number of carbonyl (C=O) groups excluding carboxylic acids is 1. The summed E-state index contributed by atoms with van der Waals surface area (Å²) < 4.78 is 10.8. The van der Waals surface area contributed by atoms with E-state index in [4.69, 9.17) is 15.2 Å². The third kappa shape index (κ3) is 3.66. The van der Waals surface area contributed by atoms with E-state index in [0.29, 0.717) is 23.6 Å². The fourth-order valence-corrected chi connectivity index (χ4v) is 1.86. The Morgan fingerprint density at radius 2 is 1.90 bits per heavy atom. The molecule has 0 aliphatic carbocycles. The van der Waals surface area contributed by atoms with Crippen molar-refractivity contribution in [2.24, 2.45) is 0 Å². The van der Waals surface area contributed by atoms with Gasteiger partial charge in [0.15, 0.2) is 0 Å². The van der Waals surface area contributed by atoms with Crippen molar-refractivity contribution in [3.8, 4) is 11.5 Å². The molecule has 1 amide bonds. The normalized spacial score (nSPS) is 10.0. The number of nitrogen functional groups attached to an aromatic ring is 1. The van der Waals surface area contributed by atoms with Gasteiger partial charge < -0.3 is 20.5 Å². The molecule has 0 aliphatic rings. The Labute approximate surface area is 123 Å². The molecule has 0 radical (unpaired) electrons. The Morgan fingerprint density at radius 3 is 2.52 bits per heavy atom. The number of nitrogens with two attached hydrogens (primary N) is 1. The molecule has 3 N–H and O–H groups in total. The lowest BCUT2D eigenvalue weighted by atomic mass is 10.1. The van der Waals surface area contributed by atoms with Gasteiger partial charge in [-0.1, -0.05) is 12.1 Å². The van der Waals surface area contributed by atoms with Gasteiger partial charge in [0, 0.05) is 18.8 Å². The second kappa shape index (κ2) is 6.65. The van der Waals surface area contributed by atoms with Crippen LogP contribution in [0.1, 0.15) is 15.9 Å². The number of hydrogen-bond donors (Lipinski definition) is 2. The molecule has 0 saturated carbocycles. The van der Waals surface area contributed by atoms with Gasteiger partial charge in [-0.3, -0.25) is 4.79 Å². The predicted molar refractivity (Wildman–Crippen MR) is 81.6 cm³/mol. The molecule has 2 rings (SSSR count). The van der Waals surface area contributed by atoms with E-state index >= 15 is 0 Å². The van der Waals surface area contributed by atoms with E-state index in [-0.39, 0.29) is 5.91 Å². The van der Waals surface area contributed by atoms with Crippen molar-refractivity contribution in [3.05, 3.63) is 53.6 Å². The molecule has 0 aliphatic heterocycles. The highest BCUT2D eigenvalue weighted by molar-refractivity contribution is 5.97. The van der Waals surface area contributed by atoms with Gasteiger partial charge in [0.05, 0.1) is 12.7 Å². The molecule has 110 valence electrons. The highest BCUT2D eigenvalue weighted by atomic mass is 16.5. The summed E-state index contributed by atoms with van der Waals surface area (Å²) in [6.07, 6.45) is 0. The molecule has 0 atom stereocenters. The highest BCUT2D eigenvalue weighted by Gasteiger charge is 2.11. The molecule has 0 unspecified atom stereocenters. The van der Waals surface area contributed by atoms with Gasteiger partial charge >= 0.3 is 0 Å². The summed E-state index contributed by atoms with van der Waals surface area (Å²) in [6.45, 7) is 0.345. The van der Waals surface area contributed by atoms with Gasteiger partial charge in [-0.15, -0.1) is 0 Å². The second-order valence-corrected chi connectivity index (χ2v) is 4.47. The summed E-state index contributed by atoms with van der Waals surface area (Å²) in [7, 11) is 3.19. The third-order valence-electron chi connectivity index (χ3n) is 3.03. The van der Waals surface area contributed by atoms with Crippen LogP contribution in [0.3, 0.4) is 0 Å². The lowest BCUT2D eigenvalue weighted by Crippen LogP contribution is -2.19. The number of nitrogens with one attached hydrogen (secondary N) is 1. The first-order valence-electron chi connectivity index (χ1n) is 6.51. The summed E-state index contributed by atoms with van der Waals surface area (Å²) in [5.74, 6) is 1.04. The van der Waals surface area contributed by atoms with Gasteiger partial charge in [-0.05, 0) is 29.8 Å². The molecule has 0 aromatic heterocycles. The average Bonchev–Trinajstić information content (AvgIpc) is 2.52. The summed E-state index contributed by atoms with van der Waals surface area (Å²) in [5, 5.41) is 2.58. The lowest BCUT2D eigenvalue weighted by molar-refractivity contribution is 0.0958. The zero-order chi connectivity index (χ0) is 15.2. The number of anilines is 1. The van der Waals surface area contributed by atoms with Crippen LogP contribution in [-0.4, -0.2) is 20.1 Å². The maximum absolute atomic E-state index is 11.8. The smallest absolute Gasteiger partial charge is 0.254 e. The number of carbonyl (C=O) groups is 1. The van der Waals surface area contributed by atoms with E-state index in [1.165, 1.54) is 0 Å². The number of methoxy groups -OCH3 is 1. The van der Waals surface area contributed by atoms with Gasteiger partial charge in [0.25, 0.3) is 5.91 Å². The van der Waals surface area contributed by atoms with Crippen molar-refractivity contribution in [1.29, 1.82) is 0 Å². The minimum atomic E-state index is -0.209. The van der Waals surface area contributed by atoms with E-state index in [1.54, 1.807) is 32.4 Å². The van der Waals surface area contributed by atoms with Crippen molar-refractivity contribution < 1.29 is 14.3 Å². The van der Waals surface area contributed by atoms with Crippen LogP contribution in [0, 0.1) is 0 Å². The van der Waals surface area contributed by atoms with Crippen LogP contribution >= 0.6 is 0 Å². The maximum atomic E-state index is 11.8. The Balaban J connectivity index is 2.14. The maximum Gasteiger partial charge on any atom is 0.254 e. The van der Waals surface area contributed by atoms with Gasteiger partial charge in [0.1, 0.15) is 18.1 Å². The molecule has 5 nitrogen and oxygen atoms in total. The quantitative estimate of drug-likeness (QED) is 0.827. The fourth-order valence-electron chi connectivity index (χ4n) is 1.86. The fraction of sp³-hybridized carbons (Fsp3) is 0.188. The van der Waals surface area contributed by atoms with Crippen molar-refractivity contribution in [2.75, 3.05) is 19.9 Å². The molecule has 2 aromatic rings. The van der Waals surface area contributed by atoms with Crippen LogP contribution in [0.2, 0.25) is 0 Å². The Morgan fingerprint density at radius 1 is 1.19 bits per heavy atom. The van der Waals surface area contributed by atoms with Crippen molar-refractivity contribution in [3.63, 3.8) is 0 Å². The molecule has 0 fully saturated rings. The summed E-state index contributed by atoms with van der Waals surface area (Å²) in [4.78, 5) is 11.8. The zero-order valence-electron chi connectivity index (χ0n) is 12.1. The number of rotatable bonds is 5. The Hall–Kier alpha value is -2.69. The minimum absolute atomic E-state index is 0.209. The van der Waals surface area contributed by atoms with Crippen LogP contribution in [0.4, 0.5) is 5.69 Å². The van der Waals surface area contributed by atoms with Gasteiger partial charge in [-0.25, -0.2) is 0 Å². The number of benzene rings is 2. The van der Waals surface area contributed by atoms with Crippen LogP contribution in [0.15, 0.2) is 42.5 Å². The van der Waals surface area contributed by atoms with Crippen molar-refractivity contribution in [2.45, 2.75) is 6.61 Å². The second-order valence-electron chi connectivity index (χ2n) is 4.47. The molecule has 5 heteroatoms. The molecule has 0 heterocycles. The predicted octanol–water partition coefficient (Wildman–Crippen LogP) is 2.22. The van der Waals surface area contributed by atoms with E-state index in [0.717, 1.165) is 11.3 Å². The van der Waals surface area contributed by atoms with Crippen molar-refractivity contribution >= 4 is 11.6 Å². The number of amides is 1. The van der Waals surface area contributed by atoms with Crippen LogP contribution in [-0.2, 0) is 6.61 Å². The molecule has 2 aromatic carbocycles. The molecule has 0 saturated heterocycles. The lowest BCUT2D eigenvalue weighted by Gasteiger charge is -2.12. The first kappa shape index (κ1) is 14.7. The topological polar surface area (TPSA) is 73.6 Å². The van der Waals surface area contributed by atoms with Crippen LogP contribution in [0.25, 0.3) is 0 Å². The summed E-state index contributed by atoms with van der Waals surface area (Å²) in [5.41, 5.74) is 7.73. The first-order chi connectivity index (χ1) is 10.1. The van der Waals surface area contributed by atoms with Crippen molar-refractivity contribution in [1.82, 2.24) is 5.32 Å². The number of ether oxygens (including phenoxy) is 2. The Kier molecular flexibility index (Phi) is 4.66. The molecular formula is C16H18N2O3. The average molecular weight is 286 g/mol. The largest absolute Gasteiger partial charge is 0.497 e. The van der Waals surface area contributed by atoms with Crippen LogP contribution < -0.4 is 20.5 Å². The monoisotopic (exact) mass is 286 g/mol. The Bertz CT molecular complexity index is 624. The highest BCUT2D eigenvalue weighted by Crippen LogP contribution is 2.23. The summed E-state index contributed by atoms with van der Waals surface area (Å²) >= 11 is 0. The van der Waals surface area contributed by atoms with Crippen LogP contribution in [0.5, 0.6) is 11.5 Å². The van der Waals surface area contributed by atoms with E-state index in [1.807, 2.05) is 24.3 Å². The SMILES string of the molecule is CNC(=O)c1ccc(N)cc1OCc1ccc(OC)cc1. The van der Waals surface area contributed by atoms with E-state index < -0.39 is 0 Å². The van der Waals surface area contributed by atoms with Gasteiger partial charge in [0.2, 0.25) is 0 Å². The molecule has 0 bridgehead atoms. The molecular weight excluding hydrogens is 268 g/mol. The zero-order valence-corrected chi connectivity index (χ0v) is 12.1. The van der Waals surface area contributed by atoms with Gasteiger partial charge in [-0.2, -0.15) is 0 Å². The third-order valence-corrected chi connectivity index (χ3v) is 3.03. The number of hydrogen-bond acceptors (Lipinski definition) is 4.